The van der Waals surface area contributed by atoms with Crippen molar-refractivity contribution in [3.8, 4) is 11.5 Å². The molecule has 0 radical (unpaired) electrons. The minimum absolute atomic E-state index is 0.270. The van der Waals surface area contributed by atoms with E-state index in [1.165, 1.54) is 61.7 Å². The van der Waals surface area contributed by atoms with Gasteiger partial charge in [-0.15, -0.1) is 0 Å². The zero-order valence-electron chi connectivity index (χ0n) is 21.6. The van der Waals surface area contributed by atoms with E-state index in [4.69, 9.17) is 4.74 Å². The summed E-state index contributed by atoms with van der Waals surface area (Å²) in [4.78, 5) is 0. The highest BCUT2D eigenvalue weighted by atomic mass is 16.5. The SMILES string of the molecule is Oc1ccc(C(=C(c2ccccc2)C2CC2)c2ccc(OCC(O)CNCC3CCCCC3)cc2)cc1. The average molecular weight is 498 g/mol. The van der Waals surface area contributed by atoms with Gasteiger partial charge in [-0.25, -0.2) is 0 Å². The lowest BCUT2D eigenvalue weighted by atomic mass is 9.87. The molecule has 3 N–H and O–H groups in total. The van der Waals surface area contributed by atoms with Crippen molar-refractivity contribution in [2.24, 2.45) is 11.8 Å². The van der Waals surface area contributed by atoms with E-state index in [2.05, 4.69) is 47.8 Å². The molecule has 2 saturated carbocycles. The number of phenolic OH excluding ortho intramolecular Hbond substituents is 1. The number of ether oxygens (including phenoxy) is 1. The van der Waals surface area contributed by atoms with Crippen LogP contribution in [0.2, 0.25) is 0 Å². The molecule has 4 nitrogen and oxygen atoms in total. The van der Waals surface area contributed by atoms with Crippen LogP contribution >= 0.6 is 0 Å². The number of phenols is 1. The molecule has 0 bridgehead atoms. The molecule has 0 amide bonds. The summed E-state index contributed by atoms with van der Waals surface area (Å²) in [5, 5.41) is 23.7. The highest BCUT2D eigenvalue weighted by Gasteiger charge is 2.30. The Hall–Kier alpha value is -3.08. The lowest BCUT2D eigenvalue weighted by Crippen LogP contribution is -2.34. The number of aromatic hydroxyl groups is 1. The Morgan fingerprint density at radius 1 is 0.784 bits per heavy atom. The van der Waals surface area contributed by atoms with Crippen molar-refractivity contribution < 1.29 is 14.9 Å². The molecule has 0 saturated heterocycles. The highest BCUT2D eigenvalue weighted by Crippen LogP contribution is 2.47. The van der Waals surface area contributed by atoms with Crippen LogP contribution in [0.5, 0.6) is 11.5 Å². The van der Waals surface area contributed by atoms with E-state index >= 15 is 0 Å². The van der Waals surface area contributed by atoms with Gasteiger partial charge < -0.3 is 20.3 Å². The summed E-state index contributed by atoms with van der Waals surface area (Å²) in [7, 11) is 0. The fraction of sp³-hybridized carbons (Fsp3) is 0.394. The molecule has 4 heteroatoms. The molecule has 3 aromatic carbocycles. The maximum Gasteiger partial charge on any atom is 0.119 e. The van der Waals surface area contributed by atoms with E-state index in [9.17, 15) is 10.2 Å². The first-order valence-corrected chi connectivity index (χ1v) is 13.9. The molecule has 0 aliphatic heterocycles. The minimum atomic E-state index is -0.532. The third kappa shape index (κ3) is 7.03. The van der Waals surface area contributed by atoms with Crippen LogP contribution < -0.4 is 10.1 Å². The summed E-state index contributed by atoms with van der Waals surface area (Å²) >= 11 is 0. The maximum atomic E-state index is 10.4. The van der Waals surface area contributed by atoms with E-state index < -0.39 is 6.10 Å². The van der Waals surface area contributed by atoms with Crippen LogP contribution in [0.3, 0.4) is 0 Å². The van der Waals surface area contributed by atoms with E-state index in [-0.39, 0.29) is 12.4 Å². The number of rotatable bonds is 11. The Kier molecular flexibility index (Phi) is 8.60. The van der Waals surface area contributed by atoms with Crippen molar-refractivity contribution in [3.63, 3.8) is 0 Å². The molecule has 37 heavy (non-hydrogen) atoms. The Morgan fingerprint density at radius 2 is 1.43 bits per heavy atom. The normalized spacial score (nSPS) is 17.8. The van der Waals surface area contributed by atoms with Crippen molar-refractivity contribution in [2.45, 2.75) is 51.0 Å². The molecule has 0 aromatic heterocycles. The van der Waals surface area contributed by atoms with Crippen LogP contribution in [0.15, 0.2) is 78.9 Å². The molecule has 0 spiro atoms. The molecule has 5 rings (SSSR count). The summed E-state index contributed by atoms with van der Waals surface area (Å²) < 4.78 is 5.93. The van der Waals surface area contributed by atoms with Crippen molar-refractivity contribution >= 4 is 11.1 Å². The van der Waals surface area contributed by atoms with E-state index in [0.29, 0.717) is 12.5 Å². The number of hydrogen-bond donors (Lipinski definition) is 3. The van der Waals surface area contributed by atoms with Crippen LogP contribution in [0.1, 0.15) is 61.6 Å². The molecule has 3 aromatic rings. The predicted octanol–water partition coefficient (Wildman–Crippen LogP) is 6.67. The Balaban J connectivity index is 1.29. The summed E-state index contributed by atoms with van der Waals surface area (Å²) in [6, 6.07) is 26.3. The van der Waals surface area contributed by atoms with Gasteiger partial charge in [0.05, 0.1) is 0 Å². The first kappa shape index (κ1) is 25.6. The van der Waals surface area contributed by atoms with Crippen LogP contribution in [-0.4, -0.2) is 36.0 Å². The van der Waals surface area contributed by atoms with Crippen molar-refractivity contribution in [1.29, 1.82) is 0 Å². The van der Waals surface area contributed by atoms with Gasteiger partial charge in [0.25, 0.3) is 0 Å². The third-order valence-electron chi connectivity index (χ3n) is 7.62. The number of hydrogen-bond acceptors (Lipinski definition) is 4. The second kappa shape index (κ2) is 12.4. The van der Waals surface area contributed by atoms with Gasteiger partial charge in [0.1, 0.15) is 24.2 Å². The number of aliphatic hydroxyl groups is 1. The molecule has 2 aliphatic carbocycles. The zero-order chi connectivity index (χ0) is 25.5. The minimum Gasteiger partial charge on any atom is -0.508 e. The van der Waals surface area contributed by atoms with Crippen LogP contribution in [0.4, 0.5) is 0 Å². The van der Waals surface area contributed by atoms with Gasteiger partial charge in [-0.3, -0.25) is 0 Å². The number of benzene rings is 3. The van der Waals surface area contributed by atoms with Crippen molar-refractivity contribution in [2.75, 3.05) is 19.7 Å². The van der Waals surface area contributed by atoms with E-state index in [0.717, 1.165) is 29.3 Å². The van der Waals surface area contributed by atoms with E-state index in [1.54, 1.807) is 12.1 Å². The fourth-order valence-corrected chi connectivity index (χ4v) is 5.49. The summed E-state index contributed by atoms with van der Waals surface area (Å²) in [5.41, 5.74) is 6.03. The molecule has 194 valence electrons. The number of aliphatic hydroxyl groups excluding tert-OH is 1. The fourth-order valence-electron chi connectivity index (χ4n) is 5.49. The highest BCUT2D eigenvalue weighted by molar-refractivity contribution is 6.00. The molecule has 2 aliphatic rings. The van der Waals surface area contributed by atoms with Gasteiger partial charge in [-0.05, 0) is 96.2 Å². The summed E-state index contributed by atoms with van der Waals surface area (Å²) in [6.45, 7) is 1.82. The molecule has 1 unspecified atom stereocenters. The van der Waals surface area contributed by atoms with Gasteiger partial charge in [0, 0.05) is 6.54 Å². The summed E-state index contributed by atoms with van der Waals surface area (Å²) in [6.07, 6.45) is 8.51. The Morgan fingerprint density at radius 3 is 2.08 bits per heavy atom. The molecule has 0 heterocycles. The smallest absolute Gasteiger partial charge is 0.119 e. The Bertz CT molecular complexity index is 1140. The first-order valence-electron chi connectivity index (χ1n) is 13.9. The molecular weight excluding hydrogens is 458 g/mol. The van der Waals surface area contributed by atoms with Gasteiger partial charge in [-0.1, -0.05) is 73.9 Å². The van der Waals surface area contributed by atoms with Gasteiger partial charge in [0.15, 0.2) is 0 Å². The van der Waals surface area contributed by atoms with Gasteiger partial charge in [0.2, 0.25) is 0 Å². The number of allylic oxidation sites excluding steroid dienone is 1. The Labute approximate surface area is 221 Å². The predicted molar refractivity (Wildman–Crippen MR) is 151 cm³/mol. The van der Waals surface area contributed by atoms with E-state index in [1.807, 2.05) is 24.3 Å². The van der Waals surface area contributed by atoms with Crippen LogP contribution in [0.25, 0.3) is 11.1 Å². The first-order chi connectivity index (χ1) is 18.2. The standard InChI is InChI=1S/C33H39NO3/c35-29-17-13-27(14-18-29)33(32(26-11-12-26)25-9-5-2-6-10-25)28-15-19-31(20-16-28)37-23-30(36)22-34-21-24-7-3-1-4-8-24/h2,5-6,9-10,13-20,24,26,30,34-36H,1,3-4,7-8,11-12,21-23H2. The molecule has 1 atom stereocenters. The third-order valence-corrected chi connectivity index (χ3v) is 7.62. The van der Waals surface area contributed by atoms with Crippen LogP contribution in [-0.2, 0) is 0 Å². The topological polar surface area (TPSA) is 61.7 Å². The second-order valence-corrected chi connectivity index (χ2v) is 10.6. The lowest BCUT2D eigenvalue weighted by Gasteiger charge is -2.22. The molecular formula is C33H39NO3. The average Bonchev–Trinajstić information content (AvgIpc) is 3.78. The lowest BCUT2D eigenvalue weighted by molar-refractivity contribution is 0.105. The van der Waals surface area contributed by atoms with Gasteiger partial charge in [-0.2, -0.15) is 0 Å². The van der Waals surface area contributed by atoms with Crippen molar-refractivity contribution in [3.05, 3.63) is 95.6 Å². The maximum absolute atomic E-state index is 10.4. The van der Waals surface area contributed by atoms with Crippen molar-refractivity contribution in [1.82, 2.24) is 5.32 Å². The molecule has 2 fully saturated rings. The second-order valence-electron chi connectivity index (χ2n) is 10.6. The number of nitrogens with one attached hydrogen (secondary N) is 1. The summed E-state index contributed by atoms with van der Waals surface area (Å²) in [5.74, 6) is 2.32. The van der Waals surface area contributed by atoms with Gasteiger partial charge >= 0.3 is 0 Å². The van der Waals surface area contributed by atoms with Crippen LogP contribution in [0, 0.1) is 11.8 Å². The zero-order valence-corrected chi connectivity index (χ0v) is 21.6. The largest absolute Gasteiger partial charge is 0.508 e. The quantitative estimate of drug-likeness (QED) is 0.259. The monoisotopic (exact) mass is 497 g/mol.